The Bertz CT molecular complexity index is 1120. The molecule has 15 heteroatoms. The molecule has 0 aliphatic rings. The Balaban J connectivity index is 0.000000370. The second-order valence-corrected chi connectivity index (χ2v) is 5.97. The van der Waals surface area contributed by atoms with E-state index in [0.717, 1.165) is 0 Å². The topological polar surface area (TPSA) is 162 Å². The van der Waals surface area contributed by atoms with Gasteiger partial charge in [-0.25, -0.2) is 14.8 Å². The van der Waals surface area contributed by atoms with Crippen molar-refractivity contribution < 1.29 is 27.9 Å². The minimum Gasteiger partial charge on any atom is -0.475 e. The Morgan fingerprint density at radius 2 is 2.00 bits per heavy atom. The average molecular weight is 433 g/mol. The van der Waals surface area contributed by atoms with Crippen molar-refractivity contribution in [3.63, 3.8) is 0 Å². The smallest absolute Gasteiger partial charge is 0.475 e. The summed E-state index contributed by atoms with van der Waals surface area (Å²) in [6.07, 6.45) is -0.576. The van der Waals surface area contributed by atoms with Crippen molar-refractivity contribution in [1.29, 1.82) is 0 Å². The second-order valence-electron chi connectivity index (χ2n) is 5.59. The van der Waals surface area contributed by atoms with Gasteiger partial charge in [-0.2, -0.15) is 13.2 Å². The van der Waals surface area contributed by atoms with Gasteiger partial charge in [0.1, 0.15) is 5.52 Å². The molecule has 29 heavy (non-hydrogen) atoms. The molecule has 3 heterocycles. The number of imidazole rings is 2. The highest BCUT2D eigenvalue weighted by atomic mass is 32.1. The molecule has 5 N–H and O–H groups in total. The van der Waals surface area contributed by atoms with Gasteiger partial charge in [-0.15, -0.1) is 0 Å². The number of amides is 1. The molecule has 0 saturated carbocycles. The number of carboxylic acid groups (broad SMARTS) is 1. The highest BCUT2D eigenvalue weighted by molar-refractivity contribution is 7.71. The van der Waals surface area contributed by atoms with E-state index in [4.69, 9.17) is 22.1 Å². The molecule has 0 fully saturated rings. The minimum absolute atomic E-state index is 0.238. The third-order valence-corrected chi connectivity index (χ3v) is 3.68. The summed E-state index contributed by atoms with van der Waals surface area (Å²) in [5, 5.41) is 9.92. The predicted molar refractivity (Wildman–Crippen MR) is 94.7 cm³/mol. The molecule has 1 atom stereocenters. The number of hydrogen-bond donors (Lipinski definition) is 5. The zero-order valence-corrected chi connectivity index (χ0v) is 15.4. The summed E-state index contributed by atoms with van der Waals surface area (Å²) in [4.78, 5) is 48.7. The molecule has 0 spiro atoms. The quantitative estimate of drug-likeness (QED) is 0.383. The van der Waals surface area contributed by atoms with E-state index < -0.39 is 12.1 Å². The number of hydrogen-bond acceptors (Lipinski definition) is 6. The number of halogens is 3. The SMILES string of the molecule is CC(Cn1c(=S)[nH]c(=O)c2[nH]cnc21)NC(=O)c1ncc[nH]1.O=C(O)C(F)(F)F. The lowest BCUT2D eigenvalue weighted by Crippen LogP contribution is -2.36. The van der Waals surface area contributed by atoms with Gasteiger partial charge in [-0.1, -0.05) is 0 Å². The molecule has 11 nitrogen and oxygen atoms in total. The van der Waals surface area contributed by atoms with Crippen LogP contribution in [0, 0.1) is 4.77 Å². The van der Waals surface area contributed by atoms with Gasteiger partial charge in [0.2, 0.25) is 0 Å². The zero-order valence-electron chi connectivity index (χ0n) is 14.6. The Morgan fingerprint density at radius 1 is 1.34 bits per heavy atom. The molecule has 0 aromatic carbocycles. The molecule has 156 valence electrons. The van der Waals surface area contributed by atoms with Crippen molar-refractivity contribution in [1.82, 2.24) is 34.8 Å². The third-order valence-electron chi connectivity index (χ3n) is 3.36. The Hall–Kier alpha value is -3.49. The van der Waals surface area contributed by atoms with Crippen LogP contribution in [0.4, 0.5) is 13.2 Å². The van der Waals surface area contributed by atoms with E-state index >= 15 is 0 Å². The number of carboxylic acids is 1. The van der Waals surface area contributed by atoms with Gasteiger partial charge in [0.25, 0.3) is 11.5 Å². The van der Waals surface area contributed by atoms with Crippen molar-refractivity contribution in [3.05, 3.63) is 39.7 Å². The molecule has 0 radical (unpaired) electrons. The maximum atomic E-state index is 11.9. The standard InChI is InChI=1S/C12H13N7O2S.C2HF3O2/c1-6(17-11(21)8-13-2-3-14-8)4-19-9-7(15-5-16-9)10(20)18-12(19)22;3-2(4,5)1(6)7/h2-3,5-6H,4H2,1H3,(H,13,14)(H,15,16)(H,17,21)(H,18,20,22);(H,6,7). The molecule has 3 aromatic heterocycles. The van der Waals surface area contributed by atoms with Crippen LogP contribution in [0.2, 0.25) is 0 Å². The second kappa shape index (κ2) is 8.68. The summed E-state index contributed by atoms with van der Waals surface area (Å²) in [5.74, 6) is -2.83. The number of carbonyl (C=O) groups excluding carboxylic acids is 1. The lowest BCUT2D eigenvalue weighted by atomic mass is 10.3. The molecule has 0 aliphatic heterocycles. The average Bonchev–Trinajstić information content (AvgIpc) is 3.30. The van der Waals surface area contributed by atoms with E-state index in [1.165, 1.54) is 12.5 Å². The summed E-state index contributed by atoms with van der Waals surface area (Å²) in [6, 6.07) is -0.241. The van der Waals surface area contributed by atoms with Gasteiger partial charge in [0.15, 0.2) is 16.2 Å². The van der Waals surface area contributed by atoms with Gasteiger partial charge in [-0.3, -0.25) is 19.1 Å². The van der Waals surface area contributed by atoms with E-state index in [0.29, 0.717) is 17.7 Å². The highest BCUT2D eigenvalue weighted by Gasteiger charge is 2.38. The van der Waals surface area contributed by atoms with Gasteiger partial charge in [0, 0.05) is 25.0 Å². The number of carbonyl (C=O) groups is 2. The molecular formula is C14H14F3N7O4S. The Morgan fingerprint density at radius 3 is 2.55 bits per heavy atom. The number of nitrogens with one attached hydrogen (secondary N) is 4. The number of fused-ring (bicyclic) bond motifs is 1. The summed E-state index contributed by atoms with van der Waals surface area (Å²) in [7, 11) is 0. The van der Waals surface area contributed by atoms with Crippen LogP contribution in [-0.4, -0.2) is 58.7 Å². The number of nitrogens with zero attached hydrogens (tertiary/aromatic N) is 3. The maximum Gasteiger partial charge on any atom is 0.490 e. The molecule has 1 unspecified atom stereocenters. The molecule has 1 amide bonds. The van der Waals surface area contributed by atoms with E-state index in [9.17, 15) is 22.8 Å². The summed E-state index contributed by atoms with van der Waals surface area (Å²) < 4.78 is 33.7. The van der Waals surface area contributed by atoms with Crippen LogP contribution >= 0.6 is 12.2 Å². The highest BCUT2D eigenvalue weighted by Crippen LogP contribution is 2.13. The van der Waals surface area contributed by atoms with E-state index in [2.05, 4.69) is 30.2 Å². The lowest BCUT2D eigenvalue weighted by molar-refractivity contribution is -0.192. The van der Waals surface area contributed by atoms with Crippen LogP contribution in [0.3, 0.4) is 0 Å². The lowest BCUT2D eigenvalue weighted by Gasteiger charge is -2.15. The normalized spacial score (nSPS) is 12.1. The van der Waals surface area contributed by atoms with E-state index in [-0.39, 0.29) is 28.1 Å². The van der Waals surface area contributed by atoms with Gasteiger partial charge in [0.05, 0.1) is 6.33 Å². The molecular weight excluding hydrogens is 419 g/mol. The maximum absolute atomic E-state index is 11.9. The fraction of sp³-hybridized carbons (Fsp3) is 0.286. The van der Waals surface area contributed by atoms with Crippen LogP contribution in [0.1, 0.15) is 17.5 Å². The van der Waals surface area contributed by atoms with Crippen LogP contribution in [0.5, 0.6) is 0 Å². The summed E-state index contributed by atoms with van der Waals surface area (Å²) in [5.41, 5.74) is 0.479. The van der Waals surface area contributed by atoms with Gasteiger partial charge in [-0.05, 0) is 19.1 Å². The van der Waals surface area contributed by atoms with Crippen LogP contribution in [0.25, 0.3) is 11.2 Å². The number of aromatic nitrogens is 6. The first-order valence-corrected chi connectivity index (χ1v) is 8.18. The zero-order chi connectivity index (χ0) is 21.8. The molecule has 0 saturated heterocycles. The van der Waals surface area contributed by atoms with Crippen molar-refractivity contribution in [2.45, 2.75) is 25.7 Å². The molecule has 3 rings (SSSR count). The fourth-order valence-corrected chi connectivity index (χ4v) is 2.41. The number of rotatable bonds is 4. The number of alkyl halides is 3. The number of aliphatic carboxylic acids is 1. The van der Waals surface area contributed by atoms with E-state index in [1.54, 1.807) is 10.8 Å². The van der Waals surface area contributed by atoms with Crippen LogP contribution in [0.15, 0.2) is 23.5 Å². The Labute approximate surface area is 164 Å². The monoisotopic (exact) mass is 433 g/mol. The van der Waals surface area contributed by atoms with E-state index in [1.807, 2.05) is 6.92 Å². The first-order chi connectivity index (χ1) is 13.5. The summed E-state index contributed by atoms with van der Waals surface area (Å²) in [6.45, 7) is 2.19. The Kier molecular flexibility index (Phi) is 6.53. The molecule has 0 bridgehead atoms. The minimum atomic E-state index is -5.08. The van der Waals surface area contributed by atoms with Crippen molar-refractivity contribution in [2.24, 2.45) is 0 Å². The van der Waals surface area contributed by atoms with Crippen molar-refractivity contribution in [3.8, 4) is 0 Å². The third kappa shape index (κ3) is 5.50. The van der Waals surface area contributed by atoms with Crippen LogP contribution < -0.4 is 10.9 Å². The van der Waals surface area contributed by atoms with Crippen molar-refractivity contribution >= 4 is 35.3 Å². The van der Waals surface area contributed by atoms with Crippen molar-refractivity contribution in [2.75, 3.05) is 0 Å². The predicted octanol–water partition coefficient (Wildman–Crippen LogP) is 0.957. The summed E-state index contributed by atoms with van der Waals surface area (Å²) >= 11 is 5.17. The number of aromatic amines is 3. The fourth-order valence-electron chi connectivity index (χ4n) is 2.15. The van der Waals surface area contributed by atoms with Gasteiger partial charge < -0.3 is 20.4 Å². The molecule has 0 aliphatic carbocycles. The largest absolute Gasteiger partial charge is 0.490 e. The first kappa shape index (κ1) is 21.8. The molecule has 3 aromatic rings. The number of H-pyrrole nitrogens is 3. The van der Waals surface area contributed by atoms with Crippen LogP contribution in [-0.2, 0) is 11.3 Å². The first-order valence-electron chi connectivity index (χ1n) is 7.77. The van der Waals surface area contributed by atoms with Gasteiger partial charge >= 0.3 is 12.1 Å².